The Morgan fingerprint density at radius 3 is 2.38 bits per heavy atom. The van der Waals surface area contributed by atoms with Gasteiger partial charge in [-0.2, -0.15) is 5.10 Å². The van der Waals surface area contributed by atoms with E-state index in [1.54, 1.807) is 59.4 Å². The van der Waals surface area contributed by atoms with Crippen molar-refractivity contribution in [1.82, 2.24) is 19.7 Å². The van der Waals surface area contributed by atoms with Crippen LogP contribution in [0.5, 0.6) is 0 Å². The smallest absolute Gasteiger partial charge is 0.410 e. The van der Waals surface area contributed by atoms with E-state index in [0.29, 0.717) is 30.8 Å². The fourth-order valence-corrected chi connectivity index (χ4v) is 5.93. The van der Waals surface area contributed by atoms with Gasteiger partial charge in [0.1, 0.15) is 11.3 Å². The minimum absolute atomic E-state index is 0.104. The molecule has 0 radical (unpaired) electrons. The second-order valence-electron chi connectivity index (χ2n) is 11.3. The van der Waals surface area contributed by atoms with Crippen LogP contribution in [0.3, 0.4) is 0 Å². The lowest BCUT2D eigenvalue weighted by molar-refractivity contribution is 0.00819. The van der Waals surface area contributed by atoms with Crippen molar-refractivity contribution in [3.05, 3.63) is 84.6 Å². The number of ether oxygens (including phenoxy) is 1. The van der Waals surface area contributed by atoms with Gasteiger partial charge in [-0.05, 0) is 63.1 Å². The predicted molar refractivity (Wildman–Crippen MR) is 160 cm³/mol. The highest BCUT2D eigenvalue weighted by atomic mass is 32.2. The van der Waals surface area contributed by atoms with Crippen LogP contribution in [0.25, 0.3) is 28.1 Å². The maximum absolute atomic E-state index is 15.8. The van der Waals surface area contributed by atoms with Crippen LogP contribution >= 0.6 is 0 Å². The average Bonchev–Trinajstić information content (AvgIpc) is 3.34. The summed E-state index contributed by atoms with van der Waals surface area (Å²) in [6.07, 6.45) is 5.12. The number of carbonyl (C=O) groups is 1. The highest BCUT2D eigenvalue weighted by Crippen LogP contribution is 2.36. The molecule has 1 saturated heterocycles. The van der Waals surface area contributed by atoms with Crippen molar-refractivity contribution in [2.75, 3.05) is 23.6 Å². The zero-order valence-corrected chi connectivity index (χ0v) is 24.9. The highest BCUT2D eigenvalue weighted by Gasteiger charge is 2.34. The number of amides is 1. The van der Waals surface area contributed by atoms with Gasteiger partial charge in [-0.3, -0.25) is 9.71 Å². The number of hydrogen-bond donors (Lipinski definition) is 1. The predicted octanol–water partition coefficient (Wildman–Crippen LogP) is 6.23. The number of rotatable bonds is 8. The van der Waals surface area contributed by atoms with Crippen molar-refractivity contribution >= 4 is 21.8 Å². The van der Waals surface area contributed by atoms with Crippen LogP contribution in [0.4, 0.5) is 14.9 Å². The van der Waals surface area contributed by atoms with Gasteiger partial charge >= 0.3 is 6.09 Å². The van der Waals surface area contributed by atoms with Gasteiger partial charge in [0.05, 0.1) is 17.1 Å². The number of sulfonamides is 1. The van der Waals surface area contributed by atoms with Gasteiger partial charge in [-0.1, -0.05) is 31.2 Å². The summed E-state index contributed by atoms with van der Waals surface area (Å²) in [4.78, 5) is 18.1. The molecule has 0 bridgehead atoms. The summed E-state index contributed by atoms with van der Waals surface area (Å²) in [5.74, 6) is -0.574. The first kappa shape index (κ1) is 29.2. The van der Waals surface area contributed by atoms with Gasteiger partial charge in [0.2, 0.25) is 10.0 Å². The molecule has 4 aromatic rings. The van der Waals surface area contributed by atoms with E-state index >= 15 is 4.39 Å². The Morgan fingerprint density at radius 1 is 1.05 bits per heavy atom. The number of likely N-dealkylation sites (tertiary alicyclic amines) is 1. The molecule has 0 saturated carbocycles. The van der Waals surface area contributed by atoms with Gasteiger partial charge < -0.3 is 9.64 Å². The zero-order chi connectivity index (χ0) is 30.1. The monoisotopic (exact) mass is 591 g/mol. The topological polar surface area (TPSA) is 106 Å². The largest absolute Gasteiger partial charge is 0.444 e. The quantitative estimate of drug-likeness (QED) is 0.261. The molecule has 9 nitrogen and oxygen atoms in total. The Morgan fingerprint density at radius 2 is 1.74 bits per heavy atom. The van der Waals surface area contributed by atoms with Gasteiger partial charge in [-0.25, -0.2) is 22.3 Å². The normalized spacial score (nSPS) is 14.0. The Kier molecular flexibility index (Phi) is 8.05. The van der Waals surface area contributed by atoms with E-state index in [4.69, 9.17) is 9.84 Å². The summed E-state index contributed by atoms with van der Waals surface area (Å²) in [6, 6.07) is 16.1. The van der Waals surface area contributed by atoms with Gasteiger partial charge in [-0.15, -0.1) is 0 Å². The molecule has 5 rings (SSSR count). The van der Waals surface area contributed by atoms with Crippen molar-refractivity contribution in [2.24, 2.45) is 0 Å². The minimum atomic E-state index is -3.68. The van der Waals surface area contributed by atoms with E-state index in [9.17, 15) is 13.2 Å². The molecule has 3 heterocycles. The van der Waals surface area contributed by atoms with Crippen LogP contribution in [-0.2, 0) is 14.8 Å². The Hall–Kier alpha value is -4.25. The van der Waals surface area contributed by atoms with Gasteiger partial charge in [0, 0.05) is 54.3 Å². The van der Waals surface area contributed by atoms with Gasteiger partial charge in [0.25, 0.3) is 0 Å². The number of benzene rings is 2. The van der Waals surface area contributed by atoms with Crippen molar-refractivity contribution in [2.45, 2.75) is 45.6 Å². The maximum atomic E-state index is 15.8. The SMILES string of the molecule is CCCS(=O)(=O)Nc1cccc(-c2cn(-c3ccc(C4CN(C(=O)OC(C)(C)C)C4)cc3)nc2-c2ccncc2)c1F. The fraction of sp³-hybridized carbons (Fsp3) is 0.323. The number of hydrogen-bond acceptors (Lipinski definition) is 6. The number of carbonyl (C=O) groups excluding carboxylic acids is 1. The van der Waals surface area contributed by atoms with E-state index in [2.05, 4.69) is 9.71 Å². The molecule has 0 unspecified atom stereocenters. The molecule has 2 aromatic carbocycles. The van der Waals surface area contributed by atoms with E-state index in [0.717, 1.165) is 16.8 Å². The Labute approximate surface area is 245 Å². The second kappa shape index (κ2) is 11.6. The lowest BCUT2D eigenvalue weighted by atomic mass is 9.92. The van der Waals surface area contributed by atoms with E-state index in [1.807, 2.05) is 45.0 Å². The maximum Gasteiger partial charge on any atom is 0.410 e. The third-order valence-electron chi connectivity index (χ3n) is 6.86. The van der Waals surface area contributed by atoms with Crippen LogP contribution in [-0.4, -0.2) is 58.6 Å². The van der Waals surface area contributed by atoms with E-state index < -0.39 is 21.4 Å². The molecule has 1 amide bonds. The summed E-state index contributed by atoms with van der Waals surface area (Å²) >= 11 is 0. The van der Waals surface area contributed by atoms with E-state index in [-0.39, 0.29) is 29.0 Å². The number of aromatic nitrogens is 3. The summed E-state index contributed by atoms with van der Waals surface area (Å²) < 4.78 is 50.0. The van der Waals surface area contributed by atoms with E-state index in [1.165, 1.54) is 6.07 Å². The molecule has 1 N–H and O–H groups in total. The van der Waals surface area contributed by atoms with Crippen LogP contribution in [0.2, 0.25) is 0 Å². The fourth-order valence-electron chi connectivity index (χ4n) is 4.80. The third-order valence-corrected chi connectivity index (χ3v) is 8.33. The van der Waals surface area contributed by atoms with Crippen LogP contribution in [0.15, 0.2) is 73.2 Å². The number of nitrogens with zero attached hydrogens (tertiary/aromatic N) is 4. The number of anilines is 1. The minimum Gasteiger partial charge on any atom is -0.444 e. The molecule has 0 aliphatic carbocycles. The van der Waals surface area contributed by atoms with Crippen LogP contribution < -0.4 is 4.72 Å². The van der Waals surface area contributed by atoms with Gasteiger partial charge in [0.15, 0.2) is 5.82 Å². The molecular formula is C31H34FN5O4S. The molecular weight excluding hydrogens is 557 g/mol. The second-order valence-corrected chi connectivity index (χ2v) is 13.2. The number of nitrogens with one attached hydrogen (secondary N) is 1. The average molecular weight is 592 g/mol. The summed E-state index contributed by atoms with van der Waals surface area (Å²) in [6.45, 7) is 8.47. The number of halogens is 1. The molecule has 11 heteroatoms. The first-order chi connectivity index (χ1) is 19.9. The molecule has 0 atom stereocenters. The summed E-state index contributed by atoms with van der Waals surface area (Å²) in [7, 11) is -3.68. The molecule has 1 aliphatic rings. The zero-order valence-electron chi connectivity index (χ0n) is 24.0. The molecule has 1 fully saturated rings. The molecule has 0 spiro atoms. The summed E-state index contributed by atoms with van der Waals surface area (Å²) in [5.41, 5.74) is 3.21. The van der Waals surface area contributed by atoms with Crippen molar-refractivity contribution in [3.63, 3.8) is 0 Å². The molecule has 220 valence electrons. The Balaban J connectivity index is 1.43. The lowest BCUT2D eigenvalue weighted by Crippen LogP contribution is -2.50. The third kappa shape index (κ3) is 6.46. The molecule has 42 heavy (non-hydrogen) atoms. The lowest BCUT2D eigenvalue weighted by Gasteiger charge is -2.40. The first-order valence-corrected chi connectivity index (χ1v) is 15.5. The molecule has 1 aliphatic heterocycles. The first-order valence-electron chi connectivity index (χ1n) is 13.8. The van der Waals surface area contributed by atoms with Crippen LogP contribution in [0, 0.1) is 5.82 Å². The standard InChI is InChI=1S/C31H34FN5O4S/c1-5-17-42(39,40)35-27-8-6-7-25(28(27)32)26-20-37(34-29(26)22-13-15-33-16-14-22)24-11-9-21(10-12-24)23-18-36(19-23)30(38)41-31(2,3)4/h6-16,20,23,35H,5,17-19H2,1-4H3. The Bertz CT molecular complexity index is 1680. The summed E-state index contributed by atoms with van der Waals surface area (Å²) in [5, 5.41) is 4.79. The van der Waals surface area contributed by atoms with Crippen LogP contribution in [0.1, 0.15) is 45.6 Å². The highest BCUT2D eigenvalue weighted by molar-refractivity contribution is 7.92. The molecule has 2 aromatic heterocycles. The van der Waals surface area contributed by atoms with Crippen molar-refractivity contribution in [3.8, 4) is 28.1 Å². The van der Waals surface area contributed by atoms with Crippen molar-refractivity contribution in [1.29, 1.82) is 0 Å². The number of pyridine rings is 1. The van der Waals surface area contributed by atoms with Crippen molar-refractivity contribution < 1.29 is 22.3 Å².